The molecule has 0 heterocycles. The van der Waals surface area contributed by atoms with Gasteiger partial charge in [0.25, 0.3) is 0 Å². The van der Waals surface area contributed by atoms with Gasteiger partial charge in [0, 0.05) is 19.6 Å². The third kappa shape index (κ3) is 6.12. The fraction of sp³-hybridized carbons (Fsp3) is 0.875. The number of carbonyl (C=O) groups is 1. The molecule has 0 fully saturated rings. The van der Waals surface area contributed by atoms with Crippen LogP contribution in [-0.4, -0.2) is 37.0 Å². The molecule has 4 N–H and O–H groups in total. The van der Waals surface area contributed by atoms with Gasteiger partial charge in [-0.05, 0) is 5.92 Å². The van der Waals surface area contributed by atoms with Crippen LogP contribution >= 0.6 is 0 Å². The predicted octanol–water partition coefficient (Wildman–Crippen LogP) is -0.612. The molecule has 0 aromatic carbocycles. The van der Waals surface area contributed by atoms with Crippen LogP contribution in [0.15, 0.2) is 0 Å². The zero-order chi connectivity index (χ0) is 9.56. The maximum Gasteiger partial charge on any atom is 0.231 e. The van der Waals surface area contributed by atoms with Gasteiger partial charge >= 0.3 is 0 Å². The van der Waals surface area contributed by atoms with Gasteiger partial charge in [0.15, 0.2) is 0 Å². The molecule has 0 rings (SSSR count). The van der Waals surface area contributed by atoms with Crippen molar-refractivity contribution < 1.29 is 4.79 Å². The molecule has 0 spiro atoms. The first kappa shape index (κ1) is 11.4. The number of nitrogens with two attached hydrogens (primary N) is 2. The summed E-state index contributed by atoms with van der Waals surface area (Å²) >= 11 is 0. The summed E-state index contributed by atoms with van der Waals surface area (Å²) < 4.78 is 0. The highest BCUT2D eigenvalue weighted by molar-refractivity contribution is 5.75. The molecule has 72 valence electrons. The quantitative estimate of drug-likeness (QED) is 0.562. The number of primary amides is 1. The zero-order valence-corrected chi connectivity index (χ0v) is 7.92. The molecule has 0 aromatic heterocycles. The summed E-state index contributed by atoms with van der Waals surface area (Å²) in [4.78, 5) is 12.6. The average Bonchev–Trinajstić information content (AvgIpc) is 1.84. The van der Waals surface area contributed by atoms with Crippen molar-refractivity contribution in [2.24, 2.45) is 17.4 Å². The van der Waals surface area contributed by atoms with E-state index in [9.17, 15) is 4.79 Å². The number of amides is 1. The van der Waals surface area contributed by atoms with Crippen molar-refractivity contribution in [3.8, 4) is 0 Å². The molecule has 0 saturated heterocycles. The van der Waals surface area contributed by atoms with E-state index < -0.39 is 0 Å². The number of nitrogens with zero attached hydrogens (tertiary/aromatic N) is 1. The number of carbonyl (C=O) groups excluding carboxylic acids is 1. The van der Waals surface area contributed by atoms with Gasteiger partial charge in [-0.3, -0.25) is 9.69 Å². The molecule has 0 atom stereocenters. The second-order valence-corrected chi connectivity index (χ2v) is 3.38. The Labute approximate surface area is 73.9 Å². The van der Waals surface area contributed by atoms with Gasteiger partial charge in [0.1, 0.15) is 0 Å². The number of hydrogen-bond acceptors (Lipinski definition) is 3. The highest BCUT2D eigenvalue weighted by atomic mass is 16.1. The lowest BCUT2D eigenvalue weighted by Crippen LogP contribution is -2.39. The third-order valence-corrected chi connectivity index (χ3v) is 1.45. The fourth-order valence-electron chi connectivity index (χ4n) is 1.15. The second kappa shape index (κ2) is 5.97. The minimum absolute atomic E-state index is 0.288. The van der Waals surface area contributed by atoms with Crippen molar-refractivity contribution >= 4 is 5.91 Å². The lowest BCUT2D eigenvalue weighted by Gasteiger charge is -2.21. The Balaban J connectivity index is 3.77. The van der Waals surface area contributed by atoms with E-state index >= 15 is 0 Å². The Kier molecular flexibility index (Phi) is 5.66. The Hall–Kier alpha value is -0.610. The summed E-state index contributed by atoms with van der Waals surface area (Å²) in [5, 5.41) is 0. The van der Waals surface area contributed by atoms with Crippen LogP contribution in [0.1, 0.15) is 13.8 Å². The van der Waals surface area contributed by atoms with Crippen LogP contribution in [0.3, 0.4) is 0 Å². The molecule has 0 bridgehead atoms. The van der Waals surface area contributed by atoms with Crippen LogP contribution in [0.5, 0.6) is 0 Å². The van der Waals surface area contributed by atoms with Crippen molar-refractivity contribution in [3.63, 3.8) is 0 Å². The third-order valence-electron chi connectivity index (χ3n) is 1.45. The zero-order valence-electron chi connectivity index (χ0n) is 7.92. The largest absolute Gasteiger partial charge is 0.369 e. The van der Waals surface area contributed by atoms with E-state index in [1.165, 1.54) is 0 Å². The summed E-state index contributed by atoms with van der Waals surface area (Å²) in [6.07, 6.45) is 0. The topological polar surface area (TPSA) is 72.3 Å². The number of hydrogen-bond donors (Lipinski definition) is 2. The van der Waals surface area contributed by atoms with Gasteiger partial charge in [-0.15, -0.1) is 0 Å². The highest BCUT2D eigenvalue weighted by Crippen LogP contribution is 1.96. The maximum atomic E-state index is 10.6. The summed E-state index contributed by atoms with van der Waals surface area (Å²) in [7, 11) is 0. The van der Waals surface area contributed by atoms with E-state index in [0.29, 0.717) is 19.0 Å². The Morgan fingerprint density at radius 1 is 1.50 bits per heavy atom. The van der Waals surface area contributed by atoms with E-state index in [4.69, 9.17) is 11.5 Å². The first-order valence-corrected chi connectivity index (χ1v) is 4.27. The molecule has 1 amide bonds. The fourth-order valence-corrected chi connectivity index (χ4v) is 1.15. The first-order valence-electron chi connectivity index (χ1n) is 4.27. The SMILES string of the molecule is CC(C)CN(CCN)CC(N)=O. The predicted molar refractivity (Wildman–Crippen MR) is 49.5 cm³/mol. The first-order chi connectivity index (χ1) is 5.56. The van der Waals surface area contributed by atoms with Crippen LogP contribution in [0.4, 0.5) is 0 Å². The van der Waals surface area contributed by atoms with Gasteiger partial charge in [0.05, 0.1) is 6.54 Å². The van der Waals surface area contributed by atoms with Crippen molar-refractivity contribution in [2.45, 2.75) is 13.8 Å². The molecule has 0 unspecified atom stereocenters. The average molecular weight is 173 g/mol. The van der Waals surface area contributed by atoms with Crippen LogP contribution in [0.2, 0.25) is 0 Å². The molecule has 4 heteroatoms. The molecule has 0 aliphatic rings. The van der Waals surface area contributed by atoms with Gasteiger partial charge in [0.2, 0.25) is 5.91 Å². The molecule has 0 radical (unpaired) electrons. The smallest absolute Gasteiger partial charge is 0.231 e. The van der Waals surface area contributed by atoms with Gasteiger partial charge in [-0.2, -0.15) is 0 Å². The molecule has 4 nitrogen and oxygen atoms in total. The van der Waals surface area contributed by atoms with Crippen LogP contribution in [0, 0.1) is 5.92 Å². The van der Waals surface area contributed by atoms with Crippen molar-refractivity contribution in [1.29, 1.82) is 0 Å². The maximum absolute atomic E-state index is 10.6. The van der Waals surface area contributed by atoms with E-state index in [-0.39, 0.29) is 5.91 Å². The summed E-state index contributed by atoms with van der Waals surface area (Å²) in [6.45, 7) is 6.70. The summed E-state index contributed by atoms with van der Waals surface area (Å²) in [6, 6.07) is 0. The molecule has 0 aliphatic heterocycles. The normalized spacial score (nSPS) is 11.1. The lowest BCUT2D eigenvalue weighted by molar-refractivity contribution is -0.119. The van der Waals surface area contributed by atoms with Crippen molar-refractivity contribution in [3.05, 3.63) is 0 Å². The van der Waals surface area contributed by atoms with E-state index in [1.807, 2.05) is 4.90 Å². The van der Waals surface area contributed by atoms with E-state index in [0.717, 1.165) is 13.1 Å². The Morgan fingerprint density at radius 3 is 2.42 bits per heavy atom. The minimum Gasteiger partial charge on any atom is -0.369 e. The van der Waals surface area contributed by atoms with Gasteiger partial charge in [-0.1, -0.05) is 13.8 Å². The number of rotatable bonds is 6. The minimum atomic E-state index is -0.288. The van der Waals surface area contributed by atoms with Gasteiger partial charge < -0.3 is 11.5 Å². The van der Waals surface area contributed by atoms with Crippen LogP contribution < -0.4 is 11.5 Å². The van der Waals surface area contributed by atoms with Crippen molar-refractivity contribution in [2.75, 3.05) is 26.2 Å². The summed E-state index contributed by atoms with van der Waals surface area (Å²) in [5.41, 5.74) is 10.5. The van der Waals surface area contributed by atoms with Crippen LogP contribution in [0.25, 0.3) is 0 Å². The monoisotopic (exact) mass is 173 g/mol. The lowest BCUT2D eigenvalue weighted by atomic mass is 10.2. The molecule has 0 aliphatic carbocycles. The van der Waals surface area contributed by atoms with Gasteiger partial charge in [-0.25, -0.2) is 0 Å². The Morgan fingerprint density at radius 2 is 2.08 bits per heavy atom. The standard InChI is InChI=1S/C8H19N3O/c1-7(2)5-11(4-3-9)6-8(10)12/h7H,3-6,9H2,1-2H3,(H2,10,12). The molecular formula is C8H19N3O. The second-order valence-electron chi connectivity index (χ2n) is 3.38. The Bertz CT molecular complexity index is 136. The molecule has 12 heavy (non-hydrogen) atoms. The highest BCUT2D eigenvalue weighted by Gasteiger charge is 2.08. The molecule has 0 aromatic rings. The summed E-state index contributed by atoms with van der Waals surface area (Å²) in [5.74, 6) is 0.250. The molecular weight excluding hydrogens is 154 g/mol. The van der Waals surface area contributed by atoms with Crippen LogP contribution in [-0.2, 0) is 4.79 Å². The van der Waals surface area contributed by atoms with E-state index in [1.54, 1.807) is 0 Å². The van der Waals surface area contributed by atoms with E-state index in [2.05, 4.69) is 13.8 Å². The molecule has 0 saturated carbocycles. The van der Waals surface area contributed by atoms with Crippen molar-refractivity contribution in [1.82, 2.24) is 4.90 Å².